The van der Waals surface area contributed by atoms with Crippen molar-refractivity contribution >= 4 is 28.9 Å². The minimum absolute atomic E-state index is 0.00531. The van der Waals surface area contributed by atoms with E-state index < -0.39 is 0 Å². The van der Waals surface area contributed by atoms with Crippen molar-refractivity contribution in [1.82, 2.24) is 24.5 Å². The third-order valence-corrected chi connectivity index (χ3v) is 6.93. The van der Waals surface area contributed by atoms with Crippen LogP contribution in [0.15, 0.2) is 35.4 Å². The summed E-state index contributed by atoms with van der Waals surface area (Å²) in [4.78, 5) is 30.8. The maximum absolute atomic E-state index is 13.3. The fraction of sp³-hybridized carbons (Fsp3) is 0.500. The number of rotatable bonds is 8. The van der Waals surface area contributed by atoms with Crippen LogP contribution in [0.5, 0.6) is 0 Å². The molecule has 0 bridgehead atoms. The van der Waals surface area contributed by atoms with Crippen molar-refractivity contribution in [3.8, 4) is 0 Å². The number of carbonyl (C=O) groups excluding carboxylic acids is 1. The summed E-state index contributed by atoms with van der Waals surface area (Å²) in [5, 5.41) is 13.5. The zero-order valence-electron chi connectivity index (χ0n) is 20.2. The second-order valence-corrected chi connectivity index (χ2v) is 9.09. The monoisotopic (exact) mass is 481 g/mol. The second-order valence-electron chi connectivity index (χ2n) is 9.09. The van der Waals surface area contributed by atoms with Gasteiger partial charge in [0.1, 0.15) is 22.9 Å². The molecule has 0 unspecified atom stereocenters. The lowest BCUT2D eigenvalue weighted by Gasteiger charge is -2.29. The van der Waals surface area contributed by atoms with Crippen molar-refractivity contribution in [2.24, 2.45) is 0 Å². The van der Waals surface area contributed by atoms with E-state index in [1.807, 2.05) is 12.3 Å². The average Bonchev–Trinajstić information content (AvgIpc) is 3.49. The maximum atomic E-state index is 13.3. The van der Waals surface area contributed by atoms with Gasteiger partial charge in [-0.15, -0.1) is 0 Å². The van der Waals surface area contributed by atoms with Crippen molar-refractivity contribution in [3.05, 3.63) is 46.5 Å². The molecule has 3 heterocycles. The van der Waals surface area contributed by atoms with E-state index in [0.29, 0.717) is 28.5 Å². The van der Waals surface area contributed by atoms with Gasteiger partial charge in [0.05, 0.1) is 24.4 Å². The van der Waals surface area contributed by atoms with Crippen LogP contribution in [0.25, 0.3) is 5.65 Å². The van der Waals surface area contributed by atoms with Crippen molar-refractivity contribution in [3.63, 3.8) is 0 Å². The molecule has 2 aliphatic rings. The number of carbonyl (C=O) groups is 1. The molecule has 0 spiro atoms. The molecule has 2 atom stereocenters. The van der Waals surface area contributed by atoms with E-state index >= 15 is 0 Å². The summed E-state index contributed by atoms with van der Waals surface area (Å²) in [7, 11) is 5.13. The van der Waals surface area contributed by atoms with Gasteiger partial charge >= 0.3 is 0 Å². The Bertz CT molecular complexity index is 1280. The first-order chi connectivity index (χ1) is 17.0. The first-order valence-electron chi connectivity index (χ1n) is 11.9. The molecular formula is C24H31N7O4. The highest BCUT2D eigenvalue weighted by atomic mass is 16.5. The van der Waals surface area contributed by atoms with E-state index in [1.165, 1.54) is 6.20 Å². The summed E-state index contributed by atoms with van der Waals surface area (Å²) in [5.41, 5.74) is 1.06. The molecule has 186 valence electrons. The first-order valence-corrected chi connectivity index (χ1v) is 11.9. The molecule has 3 N–H and O–H groups in total. The molecule has 0 saturated heterocycles. The number of fused-ring (bicyclic) bond motifs is 1. The van der Waals surface area contributed by atoms with Gasteiger partial charge < -0.3 is 30.0 Å². The van der Waals surface area contributed by atoms with Crippen LogP contribution in [0.3, 0.4) is 0 Å². The van der Waals surface area contributed by atoms with E-state index in [4.69, 9.17) is 9.47 Å². The van der Waals surface area contributed by atoms with Gasteiger partial charge in [0.2, 0.25) is 0 Å². The zero-order chi connectivity index (χ0) is 24.5. The Kier molecular flexibility index (Phi) is 6.44. The van der Waals surface area contributed by atoms with Gasteiger partial charge in [-0.3, -0.25) is 9.59 Å². The van der Waals surface area contributed by atoms with E-state index in [2.05, 4.69) is 26.0 Å². The maximum Gasteiger partial charge on any atom is 0.274 e. The van der Waals surface area contributed by atoms with Crippen LogP contribution in [0.1, 0.15) is 48.5 Å². The normalized spacial score (nSPS) is 23.7. The summed E-state index contributed by atoms with van der Waals surface area (Å²) in [5.74, 6) is 0.812. The smallest absolute Gasteiger partial charge is 0.274 e. The molecule has 2 aliphatic carbocycles. The third-order valence-electron chi connectivity index (χ3n) is 6.93. The van der Waals surface area contributed by atoms with Crippen LogP contribution in [-0.2, 0) is 9.47 Å². The van der Waals surface area contributed by atoms with Crippen molar-refractivity contribution in [2.45, 2.75) is 56.4 Å². The Morgan fingerprint density at radius 2 is 1.97 bits per heavy atom. The molecule has 11 nitrogen and oxygen atoms in total. The number of aromatic nitrogens is 4. The Morgan fingerprint density at radius 3 is 2.66 bits per heavy atom. The summed E-state index contributed by atoms with van der Waals surface area (Å²) >= 11 is 0. The molecule has 2 fully saturated rings. The SMILES string of the molecule is CNc1cc(Nc2cccn([C@H]3CC[C@H](OC)CC3)c2=O)nc2c(C(=O)N[C@@H]3C[C@H]3OC)cnn12. The number of ether oxygens (including phenoxy) is 2. The molecule has 0 radical (unpaired) electrons. The van der Waals surface area contributed by atoms with E-state index in [-0.39, 0.29) is 35.8 Å². The minimum atomic E-state index is -0.259. The zero-order valence-corrected chi connectivity index (χ0v) is 20.2. The predicted molar refractivity (Wildman–Crippen MR) is 131 cm³/mol. The average molecular weight is 482 g/mol. The lowest BCUT2D eigenvalue weighted by atomic mass is 9.92. The van der Waals surface area contributed by atoms with Crippen LogP contribution >= 0.6 is 0 Å². The van der Waals surface area contributed by atoms with Crippen molar-refractivity contribution in [1.29, 1.82) is 0 Å². The van der Waals surface area contributed by atoms with Gasteiger partial charge in [0.25, 0.3) is 11.5 Å². The standard InChI is InChI=1S/C24H31N7O4/c1-25-21-12-20(29-22-16(13-26-31(21)22)23(32)28-18-11-19(18)35-3)27-17-5-4-10-30(24(17)33)14-6-8-15(34-2)9-7-14/h4-5,10,12-15,18-19,25H,6-9,11H2,1-3H3,(H,27,29)(H,28,32)/t14-,15-,18-,19-/m1/s1. The molecule has 11 heteroatoms. The molecule has 2 saturated carbocycles. The molecule has 3 aromatic heterocycles. The number of hydrogen-bond donors (Lipinski definition) is 3. The predicted octanol–water partition coefficient (Wildman–Crippen LogP) is 2.32. The van der Waals surface area contributed by atoms with Gasteiger partial charge in [-0.1, -0.05) is 0 Å². The van der Waals surface area contributed by atoms with Crippen molar-refractivity contribution in [2.75, 3.05) is 31.9 Å². The molecule has 0 aromatic carbocycles. The van der Waals surface area contributed by atoms with Gasteiger partial charge in [-0.05, 0) is 44.2 Å². The fourth-order valence-electron chi connectivity index (χ4n) is 4.79. The lowest BCUT2D eigenvalue weighted by Crippen LogP contribution is -2.30. The summed E-state index contributed by atoms with van der Waals surface area (Å²) in [6, 6.07) is 5.50. The van der Waals surface area contributed by atoms with Crippen LogP contribution in [0.4, 0.5) is 17.3 Å². The van der Waals surface area contributed by atoms with Crippen LogP contribution < -0.4 is 21.5 Å². The second kappa shape index (κ2) is 9.67. The highest BCUT2D eigenvalue weighted by Crippen LogP contribution is 2.29. The van der Waals surface area contributed by atoms with Gasteiger partial charge in [0.15, 0.2) is 5.65 Å². The first kappa shape index (κ1) is 23.3. The van der Waals surface area contributed by atoms with E-state index in [9.17, 15) is 9.59 Å². The van der Waals surface area contributed by atoms with Crippen LogP contribution in [0.2, 0.25) is 0 Å². The summed E-state index contributed by atoms with van der Waals surface area (Å²) in [6.07, 6.45) is 8.11. The molecular weight excluding hydrogens is 450 g/mol. The molecule has 0 aliphatic heterocycles. The topological polar surface area (TPSA) is 124 Å². The number of amides is 1. The fourth-order valence-corrected chi connectivity index (χ4v) is 4.79. The highest BCUT2D eigenvalue weighted by molar-refractivity contribution is 6.00. The van der Waals surface area contributed by atoms with Crippen LogP contribution in [0, 0.1) is 0 Å². The number of hydrogen-bond acceptors (Lipinski definition) is 8. The minimum Gasteiger partial charge on any atom is -0.381 e. The molecule has 3 aromatic rings. The Morgan fingerprint density at radius 1 is 1.17 bits per heavy atom. The van der Waals surface area contributed by atoms with Crippen LogP contribution in [-0.4, -0.2) is 64.6 Å². The highest BCUT2D eigenvalue weighted by Gasteiger charge is 2.39. The summed E-state index contributed by atoms with van der Waals surface area (Å²) in [6.45, 7) is 0. The van der Waals surface area contributed by atoms with Gasteiger partial charge in [0, 0.05) is 39.6 Å². The number of anilines is 3. The summed E-state index contributed by atoms with van der Waals surface area (Å²) < 4.78 is 14.1. The van der Waals surface area contributed by atoms with Gasteiger partial charge in [-0.25, -0.2) is 4.98 Å². The number of pyridine rings is 1. The Labute approximate surface area is 202 Å². The Hall–Kier alpha value is -3.44. The quantitative estimate of drug-likeness (QED) is 0.448. The van der Waals surface area contributed by atoms with E-state index in [0.717, 1.165) is 32.1 Å². The number of nitrogens with one attached hydrogen (secondary N) is 3. The lowest BCUT2D eigenvalue weighted by molar-refractivity contribution is 0.0580. The van der Waals surface area contributed by atoms with Crippen molar-refractivity contribution < 1.29 is 14.3 Å². The largest absolute Gasteiger partial charge is 0.381 e. The molecule has 1 amide bonds. The van der Waals surface area contributed by atoms with Gasteiger partial charge in [-0.2, -0.15) is 9.61 Å². The number of nitrogens with zero attached hydrogens (tertiary/aromatic N) is 4. The molecule has 35 heavy (non-hydrogen) atoms. The van der Waals surface area contributed by atoms with E-state index in [1.54, 1.807) is 42.5 Å². The Balaban J connectivity index is 1.41. The number of methoxy groups -OCH3 is 2. The third kappa shape index (κ3) is 4.61. The molecule has 5 rings (SSSR count).